The Morgan fingerprint density at radius 1 is 0.611 bits per heavy atom. The third kappa shape index (κ3) is 22.7. The van der Waals surface area contributed by atoms with Crippen molar-refractivity contribution < 1.29 is 19.4 Å². The van der Waals surface area contributed by atoms with Gasteiger partial charge < -0.3 is 5.11 Å². The van der Waals surface area contributed by atoms with Crippen molar-refractivity contribution in [2.75, 3.05) is 6.61 Å². The Morgan fingerprint density at radius 2 is 1.00 bits per heavy atom. The minimum atomic E-state index is -2.38. The summed E-state index contributed by atoms with van der Waals surface area (Å²) in [6.07, 6.45) is 25.4. The van der Waals surface area contributed by atoms with Gasteiger partial charge in [0.25, 0.3) is 0 Å². The first kappa shape index (κ1) is 35.5. The minimum absolute atomic E-state index is 0.109. The molecular formula is C31H60O4Sn. The summed E-state index contributed by atoms with van der Waals surface area (Å²) < 4.78 is 12.1. The Balaban J connectivity index is 3.86. The molecule has 212 valence electrons. The molecule has 36 heavy (non-hydrogen) atoms. The first-order valence-corrected chi connectivity index (χ1v) is 23.3. The van der Waals surface area contributed by atoms with Crippen LogP contribution in [0.4, 0.5) is 0 Å². The Bertz CT molecular complexity index is 525. The molecule has 1 N–H and O–H groups in total. The van der Waals surface area contributed by atoms with Crippen LogP contribution in [0.5, 0.6) is 0 Å². The van der Waals surface area contributed by atoms with Crippen LogP contribution in [0.15, 0.2) is 10.2 Å². The van der Waals surface area contributed by atoms with Crippen LogP contribution in [-0.4, -0.2) is 42.0 Å². The van der Waals surface area contributed by atoms with Crippen LogP contribution in [-0.2, 0) is 14.3 Å². The molecule has 0 atom stereocenters. The molecular weight excluding hydrogens is 555 g/mol. The molecule has 4 nitrogen and oxygen atoms in total. The molecule has 0 aromatic carbocycles. The molecule has 0 fully saturated rings. The molecule has 0 aliphatic carbocycles. The number of esters is 1. The fourth-order valence-electron chi connectivity index (χ4n) is 5.00. The van der Waals surface area contributed by atoms with Crippen molar-refractivity contribution in [1.82, 2.24) is 0 Å². The number of ether oxygens (including phenoxy) is 1. The van der Waals surface area contributed by atoms with Gasteiger partial charge in [-0.15, -0.1) is 0 Å². The number of carboxylic acids is 1. The molecule has 0 spiro atoms. The summed E-state index contributed by atoms with van der Waals surface area (Å²) in [5, 5.41) is 8.63. The van der Waals surface area contributed by atoms with Crippen molar-refractivity contribution in [2.24, 2.45) is 0 Å². The number of hydrogen-bond donors (Lipinski definition) is 1. The van der Waals surface area contributed by atoms with Gasteiger partial charge in [-0.3, -0.25) is 4.79 Å². The van der Waals surface area contributed by atoms with Gasteiger partial charge in [0, 0.05) is 6.42 Å². The second-order valence-electron chi connectivity index (χ2n) is 10.9. The van der Waals surface area contributed by atoms with Crippen molar-refractivity contribution in [3.63, 3.8) is 0 Å². The molecule has 0 aliphatic rings. The molecule has 5 heteroatoms. The predicted octanol–water partition coefficient (Wildman–Crippen LogP) is 10.0. The van der Waals surface area contributed by atoms with Gasteiger partial charge in [-0.25, -0.2) is 0 Å². The van der Waals surface area contributed by atoms with Crippen molar-refractivity contribution in [2.45, 2.75) is 162 Å². The Hall–Kier alpha value is -0.521. The summed E-state index contributed by atoms with van der Waals surface area (Å²) in [6, 6.07) is 0. The zero-order valence-corrected chi connectivity index (χ0v) is 27.2. The number of carbonyl (C=O) groups excluding carboxylic acids is 1. The quantitative estimate of drug-likeness (QED) is 0.0432. The molecule has 0 aromatic heterocycles. The summed E-state index contributed by atoms with van der Waals surface area (Å²) in [5.41, 5.74) is 0. The van der Waals surface area contributed by atoms with E-state index in [0.29, 0.717) is 13.0 Å². The summed E-state index contributed by atoms with van der Waals surface area (Å²) in [6.45, 7) is 7.42. The molecule has 0 saturated carbocycles. The fourth-order valence-corrected chi connectivity index (χ4v) is 19.0. The van der Waals surface area contributed by atoms with Crippen LogP contribution in [0.25, 0.3) is 0 Å². The van der Waals surface area contributed by atoms with Gasteiger partial charge in [0.1, 0.15) is 0 Å². The number of carbonyl (C=O) groups is 2. The standard InChI is InChI=1S/C19H33O4.3C4H9.Sn/c1-2-19(22)23-17-15-13-11-9-7-5-3-4-6-8-10-12-14-16-18(20)21;3*1-3-4-2;/h1-2H,3-17H2,(H,20,21);3*1,3-4H2,2H3;. The molecule has 0 bridgehead atoms. The van der Waals surface area contributed by atoms with Gasteiger partial charge in [-0.1, -0.05) is 32.1 Å². The molecule has 0 saturated heterocycles. The summed E-state index contributed by atoms with van der Waals surface area (Å²) in [7, 11) is 0. The van der Waals surface area contributed by atoms with E-state index in [1.807, 2.05) is 6.08 Å². The Kier molecular flexibility index (Phi) is 25.7. The number of unbranched alkanes of at least 4 members (excludes halogenated alkanes) is 15. The van der Waals surface area contributed by atoms with Gasteiger partial charge in [0.15, 0.2) is 0 Å². The van der Waals surface area contributed by atoms with Gasteiger partial charge in [0.05, 0.1) is 0 Å². The van der Waals surface area contributed by atoms with Crippen molar-refractivity contribution in [1.29, 1.82) is 0 Å². The van der Waals surface area contributed by atoms with E-state index in [0.717, 1.165) is 25.7 Å². The average Bonchev–Trinajstić information content (AvgIpc) is 2.87. The summed E-state index contributed by atoms with van der Waals surface area (Å²) in [4.78, 5) is 22.8. The van der Waals surface area contributed by atoms with Gasteiger partial charge >= 0.3 is 174 Å². The normalized spacial score (nSPS) is 11.9. The van der Waals surface area contributed by atoms with E-state index in [2.05, 4.69) is 24.9 Å². The zero-order chi connectivity index (χ0) is 26.7. The third-order valence-corrected chi connectivity index (χ3v) is 21.5. The first-order chi connectivity index (χ1) is 17.5. The number of aliphatic carboxylic acids is 1. The van der Waals surface area contributed by atoms with Crippen molar-refractivity contribution >= 4 is 30.3 Å². The monoisotopic (exact) mass is 616 g/mol. The third-order valence-electron chi connectivity index (χ3n) is 7.44. The van der Waals surface area contributed by atoms with E-state index in [9.17, 15) is 9.59 Å². The van der Waals surface area contributed by atoms with Crippen LogP contribution in [0.3, 0.4) is 0 Å². The average molecular weight is 616 g/mol. The van der Waals surface area contributed by atoms with Crippen LogP contribution in [0, 0.1) is 0 Å². The van der Waals surface area contributed by atoms with E-state index in [4.69, 9.17) is 9.84 Å². The van der Waals surface area contributed by atoms with Crippen LogP contribution in [0.1, 0.15) is 149 Å². The Labute approximate surface area is 228 Å². The Morgan fingerprint density at radius 3 is 1.39 bits per heavy atom. The molecule has 0 amide bonds. The molecule has 0 rings (SSSR count). The summed E-state index contributed by atoms with van der Waals surface area (Å²) in [5.74, 6) is -0.780. The second kappa shape index (κ2) is 26.1. The first-order valence-electron chi connectivity index (χ1n) is 15.6. The molecule has 0 unspecified atom stereocenters. The van der Waals surface area contributed by atoms with E-state index >= 15 is 0 Å². The maximum atomic E-state index is 12.4. The maximum absolute atomic E-state index is 12.4. The van der Waals surface area contributed by atoms with E-state index in [1.165, 1.54) is 110 Å². The summed E-state index contributed by atoms with van der Waals surface area (Å²) >= 11 is -2.38. The predicted molar refractivity (Wildman–Crippen MR) is 157 cm³/mol. The van der Waals surface area contributed by atoms with Crippen molar-refractivity contribution in [3.8, 4) is 0 Å². The zero-order valence-electron chi connectivity index (χ0n) is 24.3. The number of hydrogen-bond acceptors (Lipinski definition) is 3. The van der Waals surface area contributed by atoms with Crippen LogP contribution >= 0.6 is 0 Å². The van der Waals surface area contributed by atoms with Gasteiger partial charge in [-0.2, -0.15) is 0 Å². The van der Waals surface area contributed by atoms with E-state index in [1.54, 1.807) is 0 Å². The number of carboxylic acid groups (broad SMARTS) is 1. The number of rotatable bonds is 27. The van der Waals surface area contributed by atoms with Crippen LogP contribution in [0.2, 0.25) is 13.3 Å². The van der Waals surface area contributed by atoms with Gasteiger partial charge in [0.2, 0.25) is 0 Å². The second-order valence-corrected chi connectivity index (χ2v) is 23.9. The van der Waals surface area contributed by atoms with E-state index < -0.39 is 24.3 Å². The SMILES string of the molecule is CCC[CH2][Sn](/[CH]=C/C(=O)OCCCCCCCCCCCCCCCC(=O)O)([CH2]CCC)[CH2]CCC. The van der Waals surface area contributed by atoms with Crippen molar-refractivity contribution in [3.05, 3.63) is 10.2 Å². The molecule has 0 radical (unpaired) electrons. The fraction of sp³-hybridized carbons (Fsp3) is 0.871. The molecule has 0 aliphatic heterocycles. The molecule has 0 aromatic rings. The molecule has 0 heterocycles. The van der Waals surface area contributed by atoms with Gasteiger partial charge in [-0.05, 0) is 6.42 Å². The van der Waals surface area contributed by atoms with E-state index in [-0.39, 0.29) is 5.97 Å². The van der Waals surface area contributed by atoms with Crippen LogP contribution < -0.4 is 0 Å². The topological polar surface area (TPSA) is 63.6 Å².